The van der Waals surface area contributed by atoms with E-state index in [0.29, 0.717) is 6.07 Å². The number of ether oxygens (including phenoxy) is 1. The first-order valence-electron chi connectivity index (χ1n) is 8.48. The van der Waals surface area contributed by atoms with Gasteiger partial charge in [-0.2, -0.15) is 0 Å². The Morgan fingerprint density at radius 1 is 1.26 bits per heavy atom. The number of nitrogens with zero attached hydrogens (tertiary/aromatic N) is 2. The van der Waals surface area contributed by atoms with Crippen LogP contribution in [0.1, 0.15) is 23.2 Å². The second kappa shape index (κ2) is 7.16. The highest BCUT2D eigenvalue weighted by Gasteiger charge is 2.58. The number of rotatable bonds is 4. The van der Waals surface area contributed by atoms with Crippen LogP contribution in [0.25, 0.3) is 0 Å². The van der Waals surface area contributed by atoms with Crippen LogP contribution in [0.2, 0.25) is 0 Å². The quantitative estimate of drug-likeness (QED) is 0.744. The molecule has 7 nitrogen and oxygen atoms in total. The summed E-state index contributed by atoms with van der Waals surface area (Å²) in [6.07, 6.45) is 0.0820. The molecule has 2 aliphatic heterocycles. The molecule has 0 bridgehead atoms. The van der Waals surface area contributed by atoms with Crippen molar-refractivity contribution in [1.29, 1.82) is 0 Å². The van der Waals surface area contributed by atoms with Gasteiger partial charge < -0.3 is 14.5 Å². The fourth-order valence-corrected chi connectivity index (χ4v) is 5.84. The average molecular weight is 402 g/mol. The van der Waals surface area contributed by atoms with Crippen molar-refractivity contribution in [3.05, 3.63) is 35.4 Å². The van der Waals surface area contributed by atoms with Crippen LogP contribution in [-0.2, 0) is 19.4 Å². The Morgan fingerprint density at radius 3 is 2.52 bits per heavy atom. The number of hydrogen-bond acceptors (Lipinski definition) is 5. The highest BCUT2D eigenvalue weighted by molar-refractivity contribution is 7.93. The molecule has 0 atom stereocenters. The Balaban J connectivity index is 1.80. The molecule has 2 amide bonds. The molecule has 2 aliphatic rings. The minimum atomic E-state index is -3.71. The zero-order chi connectivity index (χ0) is 19.8. The van der Waals surface area contributed by atoms with Crippen LogP contribution in [0.15, 0.2) is 18.2 Å². The summed E-state index contributed by atoms with van der Waals surface area (Å²) in [5.74, 6) is -3.42. The molecule has 2 heterocycles. The molecular weight excluding hydrogens is 382 g/mol. The molecule has 2 saturated heterocycles. The summed E-state index contributed by atoms with van der Waals surface area (Å²) in [6.45, 7) is 0.443. The molecule has 10 heteroatoms. The first-order valence-corrected chi connectivity index (χ1v) is 10.1. The molecule has 0 aromatic heterocycles. The van der Waals surface area contributed by atoms with Gasteiger partial charge in [-0.25, -0.2) is 17.2 Å². The van der Waals surface area contributed by atoms with E-state index in [9.17, 15) is 26.8 Å². The van der Waals surface area contributed by atoms with Crippen molar-refractivity contribution < 1.29 is 31.5 Å². The maximum Gasteiger partial charge on any atom is 0.256 e. The fourth-order valence-electron chi connectivity index (χ4n) is 3.75. The van der Waals surface area contributed by atoms with Crippen molar-refractivity contribution in [3.63, 3.8) is 0 Å². The van der Waals surface area contributed by atoms with Crippen LogP contribution in [0.4, 0.5) is 8.78 Å². The van der Waals surface area contributed by atoms with Gasteiger partial charge in [0, 0.05) is 45.7 Å². The summed E-state index contributed by atoms with van der Waals surface area (Å²) in [5.41, 5.74) is -0.269. The second-order valence-corrected chi connectivity index (χ2v) is 8.94. The smallest absolute Gasteiger partial charge is 0.256 e. The lowest BCUT2D eigenvalue weighted by Crippen LogP contribution is -2.57. The van der Waals surface area contributed by atoms with E-state index >= 15 is 0 Å². The number of halogens is 2. The van der Waals surface area contributed by atoms with E-state index in [0.717, 1.165) is 12.1 Å². The lowest BCUT2D eigenvalue weighted by Gasteiger charge is -2.43. The lowest BCUT2D eigenvalue weighted by atomic mass is 10.0. The van der Waals surface area contributed by atoms with Crippen molar-refractivity contribution in [2.75, 3.05) is 39.1 Å². The fraction of sp³-hybridized carbons (Fsp3) is 0.529. The summed E-state index contributed by atoms with van der Waals surface area (Å²) in [4.78, 5) is 26.0. The van der Waals surface area contributed by atoms with Crippen LogP contribution in [0.3, 0.4) is 0 Å². The second-order valence-electron chi connectivity index (χ2n) is 6.66. The van der Waals surface area contributed by atoms with E-state index in [2.05, 4.69) is 0 Å². The first kappa shape index (κ1) is 19.7. The van der Waals surface area contributed by atoms with Crippen molar-refractivity contribution >= 4 is 21.7 Å². The molecule has 0 N–H and O–H groups in total. The molecule has 0 saturated carbocycles. The number of amides is 2. The third-order valence-corrected chi connectivity index (χ3v) is 7.61. The maximum absolute atomic E-state index is 13.9. The van der Waals surface area contributed by atoms with E-state index in [1.807, 2.05) is 0 Å². The summed E-state index contributed by atoms with van der Waals surface area (Å²) in [5, 5.41) is 0. The summed E-state index contributed by atoms with van der Waals surface area (Å²) >= 11 is 0. The Bertz CT molecular complexity index is 866. The SMILES string of the molecule is COCCN1C(=O)CS(=O)(=O)C12CCN(C(=O)c1ccc(F)cc1F)CC2. The van der Waals surface area contributed by atoms with Gasteiger partial charge >= 0.3 is 0 Å². The molecule has 3 rings (SSSR count). The molecule has 1 aromatic rings. The summed E-state index contributed by atoms with van der Waals surface area (Å²) in [7, 11) is -2.25. The Kier molecular flexibility index (Phi) is 5.22. The number of methoxy groups -OCH3 is 1. The normalized spacial score (nSPS) is 21.1. The number of carbonyl (C=O) groups excluding carboxylic acids is 2. The summed E-state index contributed by atoms with van der Waals surface area (Å²) in [6, 6.07) is 2.69. The zero-order valence-electron chi connectivity index (χ0n) is 14.8. The highest BCUT2D eigenvalue weighted by Crippen LogP contribution is 2.40. The number of hydrogen-bond donors (Lipinski definition) is 0. The van der Waals surface area contributed by atoms with E-state index in [4.69, 9.17) is 4.74 Å². The van der Waals surface area contributed by atoms with Gasteiger partial charge in [0.2, 0.25) is 5.91 Å². The molecular formula is C17H20F2N2O5S. The number of likely N-dealkylation sites (tertiary alicyclic amines) is 1. The van der Waals surface area contributed by atoms with Crippen LogP contribution in [0, 0.1) is 11.6 Å². The average Bonchev–Trinajstić information content (AvgIpc) is 2.78. The highest BCUT2D eigenvalue weighted by atomic mass is 32.2. The van der Waals surface area contributed by atoms with E-state index < -0.39 is 43.9 Å². The Morgan fingerprint density at radius 2 is 1.93 bits per heavy atom. The molecule has 1 spiro atoms. The van der Waals surface area contributed by atoms with Gasteiger partial charge in [0.15, 0.2) is 9.84 Å². The topological polar surface area (TPSA) is 84.0 Å². The van der Waals surface area contributed by atoms with E-state index in [-0.39, 0.29) is 44.6 Å². The van der Waals surface area contributed by atoms with Crippen molar-refractivity contribution in [2.24, 2.45) is 0 Å². The number of benzene rings is 1. The summed E-state index contributed by atoms with van der Waals surface area (Å²) < 4.78 is 57.2. The minimum absolute atomic E-state index is 0.0410. The molecule has 27 heavy (non-hydrogen) atoms. The third-order valence-electron chi connectivity index (χ3n) is 5.20. The van der Waals surface area contributed by atoms with Gasteiger partial charge in [-0.1, -0.05) is 0 Å². The monoisotopic (exact) mass is 402 g/mol. The van der Waals surface area contributed by atoms with Crippen LogP contribution in [-0.4, -0.2) is 74.0 Å². The van der Waals surface area contributed by atoms with Crippen LogP contribution in [0.5, 0.6) is 0 Å². The molecule has 0 radical (unpaired) electrons. The van der Waals surface area contributed by atoms with Crippen molar-refractivity contribution in [3.8, 4) is 0 Å². The molecule has 0 unspecified atom stereocenters. The zero-order valence-corrected chi connectivity index (χ0v) is 15.6. The van der Waals surface area contributed by atoms with Gasteiger partial charge in [0.25, 0.3) is 5.91 Å². The van der Waals surface area contributed by atoms with Crippen molar-refractivity contribution in [1.82, 2.24) is 9.80 Å². The lowest BCUT2D eigenvalue weighted by molar-refractivity contribution is -0.131. The first-order chi connectivity index (χ1) is 12.7. The van der Waals surface area contributed by atoms with Gasteiger partial charge in [0.1, 0.15) is 22.3 Å². The number of carbonyl (C=O) groups is 2. The minimum Gasteiger partial charge on any atom is -0.383 e. The maximum atomic E-state index is 13.9. The van der Waals surface area contributed by atoms with Gasteiger partial charge in [0.05, 0.1) is 12.2 Å². The molecule has 148 valence electrons. The number of piperidine rings is 1. The van der Waals surface area contributed by atoms with Gasteiger partial charge in [-0.15, -0.1) is 0 Å². The predicted molar refractivity (Wildman–Crippen MR) is 91.6 cm³/mol. The van der Waals surface area contributed by atoms with Gasteiger partial charge in [-0.05, 0) is 12.1 Å². The van der Waals surface area contributed by atoms with E-state index in [1.165, 1.54) is 16.9 Å². The third kappa shape index (κ3) is 3.31. The van der Waals surface area contributed by atoms with Gasteiger partial charge in [-0.3, -0.25) is 9.59 Å². The van der Waals surface area contributed by atoms with Crippen molar-refractivity contribution in [2.45, 2.75) is 17.7 Å². The predicted octanol–water partition coefficient (Wildman–Crippen LogP) is 0.801. The Labute approximate surface area is 155 Å². The number of sulfone groups is 1. The Hall–Kier alpha value is -2.07. The van der Waals surface area contributed by atoms with E-state index in [1.54, 1.807) is 0 Å². The molecule has 2 fully saturated rings. The largest absolute Gasteiger partial charge is 0.383 e. The van der Waals surface area contributed by atoms with Crippen LogP contribution < -0.4 is 0 Å². The standard InChI is InChI=1S/C17H20F2N2O5S/c1-26-9-8-21-15(22)11-27(24,25)17(21)4-6-20(7-5-17)16(23)13-3-2-12(18)10-14(13)19/h2-3,10H,4-9,11H2,1H3. The molecule has 1 aromatic carbocycles. The molecule has 0 aliphatic carbocycles. The van der Waals surface area contributed by atoms with Crippen LogP contribution >= 0.6 is 0 Å².